The molecule has 0 heterocycles. The summed E-state index contributed by atoms with van der Waals surface area (Å²) in [6, 6.07) is 0.742. The minimum absolute atomic E-state index is 0.742. The van der Waals surface area contributed by atoms with Crippen molar-refractivity contribution in [1.29, 1.82) is 0 Å². The average Bonchev–Trinajstić information content (AvgIpc) is 1.99. The highest BCUT2D eigenvalue weighted by Gasteiger charge is 2.21. The summed E-state index contributed by atoms with van der Waals surface area (Å²) in [6.07, 6.45) is 2.62. The van der Waals surface area contributed by atoms with Gasteiger partial charge in [0.25, 0.3) is 0 Å². The third-order valence-electron chi connectivity index (χ3n) is 2.74. The van der Waals surface area contributed by atoms with Gasteiger partial charge < -0.3 is 4.90 Å². The fourth-order valence-corrected chi connectivity index (χ4v) is 2.34. The Bertz CT molecular complexity index is 110. The van der Waals surface area contributed by atoms with Gasteiger partial charge in [0.15, 0.2) is 0 Å². The maximum absolute atomic E-state index is 2.53. The van der Waals surface area contributed by atoms with Crippen LogP contribution in [0.3, 0.4) is 0 Å². The van der Waals surface area contributed by atoms with Gasteiger partial charge in [-0.1, -0.05) is 41.0 Å². The van der Waals surface area contributed by atoms with E-state index in [1.807, 2.05) is 0 Å². The van der Waals surface area contributed by atoms with Crippen LogP contribution in [0.1, 0.15) is 47.5 Å². The SMILES string of the molecule is CCCCN(C)C(C(C)C)C(C)C. The van der Waals surface area contributed by atoms with Gasteiger partial charge in [0.1, 0.15) is 0 Å². The van der Waals surface area contributed by atoms with Crippen LogP contribution in [0.4, 0.5) is 0 Å². The van der Waals surface area contributed by atoms with Crippen LogP contribution in [0, 0.1) is 11.8 Å². The van der Waals surface area contributed by atoms with Gasteiger partial charge in [-0.2, -0.15) is 0 Å². The fraction of sp³-hybridized carbons (Fsp3) is 1.00. The molecule has 0 aromatic carbocycles. The molecule has 0 aliphatic rings. The summed E-state index contributed by atoms with van der Waals surface area (Å²) in [6.45, 7) is 12.8. The summed E-state index contributed by atoms with van der Waals surface area (Å²) in [5.41, 5.74) is 0. The van der Waals surface area contributed by atoms with E-state index in [1.165, 1.54) is 19.4 Å². The molecule has 0 N–H and O–H groups in total. The second-order valence-electron chi connectivity index (χ2n) is 4.81. The van der Waals surface area contributed by atoms with Crippen LogP contribution < -0.4 is 0 Å². The van der Waals surface area contributed by atoms with Crippen molar-refractivity contribution in [2.45, 2.75) is 53.5 Å². The molecule has 0 fully saturated rings. The summed E-state index contributed by atoms with van der Waals surface area (Å²) in [7, 11) is 2.26. The molecule has 0 radical (unpaired) electrons. The zero-order valence-electron chi connectivity index (χ0n) is 10.3. The lowest BCUT2D eigenvalue weighted by Crippen LogP contribution is -2.40. The average molecular weight is 185 g/mol. The number of hydrogen-bond donors (Lipinski definition) is 0. The van der Waals surface area contributed by atoms with E-state index in [-0.39, 0.29) is 0 Å². The van der Waals surface area contributed by atoms with Crippen LogP contribution in [0.2, 0.25) is 0 Å². The van der Waals surface area contributed by atoms with Gasteiger partial charge in [0.05, 0.1) is 0 Å². The number of rotatable bonds is 6. The number of hydrogen-bond acceptors (Lipinski definition) is 1. The van der Waals surface area contributed by atoms with Crippen LogP contribution in [0.15, 0.2) is 0 Å². The molecule has 13 heavy (non-hydrogen) atoms. The number of unbranched alkanes of at least 4 members (excludes halogenated alkanes) is 1. The zero-order chi connectivity index (χ0) is 10.4. The smallest absolute Gasteiger partial charge is 0.0138 e. The summed E-state index contributed by atoms with van der Waals surface area (Å²) in [5, 5.41) is 0. The van der Waals surface area contributed by atoms with E-state index in [0.717, 1.165) is 17.9 Å². The Balaban J connectivity index is 4.04. The largest absolute Gasteiger partial charge is 0.303 e. The Hall–Kier alpha value is -0.0400. The van der Waals surface area contributed by atoms with E-state index in [0.29, 0.717) is 0 Å². The molecule has 0 atom stereocenters. The van der Waals surface area contributed by atoms with E-state index in [1.54, 1.807) is 0 Å². The Morgan fingerprint density at radius 1 is 1.00 bits per heavy atom. The minimum atomic E-state index is 0.742. The molecule has 0 unspecified atom stereocenters. The maximum atomic E-state index is 2.53. The van der Waals surface area contributed by atoms with E-state index in [4.69, 9.17) is 0 Å². The molecule has 0 spiro atoms. The first-order chi connectivity index (χ1) is 6.00. The Morgan fingerprint density at radius 3 is 1.77 bits per heavy atom. The highest BCUT2D eigenvalue weighted by atomic mass is 15.1. The maximum Gasteiger partial charge on any atom is 0.0138 e. The molecular formula is C12H27N. The molecule has 1 heteroatoms. The topological polar surface area (TPSA) is 3.24 Å². The lowest BCUT2D eigenvalue weighted by atomic mass is 9.92. The molecule has 0 aromatic rings. The van der Waals surface area contributed by atoms with Crippen LogP contribution in [-0.2, 0) is 0 Å². The van der Waals surface area contributed by atoms with Gasteiger partial charge in [0.2, 0.25) is 0 Å². The van der Waals surface area contributed by atoms with Crippen molar-refractivity contribution >= 4 is 0 Å². The molecule has 0 aliphatic carbocycles. The van der Waals surface area contributed by atoms with E-state index >= 15 is 0 Å². The zero-order valence-corrected chi connectivity index (χ0v) is 10.3. The van der Waals surface area contributed by atoms with Crippen molar-refractivity contribution in [2.75, 3.05) is 13.6 Å². The lowest BCUT2D eigenvalue weighted by Gasteiger charge is -2.34. The molecule has 0 rings (SSSR count). The van der Waals surface area contributed by atoms with Crippen molar-refractivity contribution in [2.24, 2.45) is 11.8 Å². The predicted molar refractivity (Wildman–Crippen MR) is 61.0 cm³/mol. The molecule has 1 nitrogen and oxygen atoms in total. The normalized spacial score (nSPS) is 12.5. The van der Waals surface area contributed by atoms with Crippen molar-refractivity contribution in [3.05, 3.63) is 0 Å². The molecule has 0 saturated carbocycles. The first-order valence-corrected chi connectivity index (χ1v) is 5.70. The monoisotopic (exact) mass is 185 g/mol. The van der Waals surface area contributed by atoms with E-state index in [2.05, 4.69) is 46.6 Å². The van der Waals surface area contributed by atoms with Crippen molar-refractivity contribution in [1.82, 2.24) is 4.90 Å². The quantitative estimate of drug-likeness (QED) is 0.613. The minimum Gasteiger partial charge on any atom is -0.303 e. The van der Waals surface area contributed by atoms with Crippen LogP contribution in [0.25, 0.3) is 0 Å². The van der Waals surface area contributed by atoms with E-state index < -0.39 is 0 Å². The lowest BCUT2D eigenvalue weighted by molar-refractivity contribution is 0.143. The van der Waals surface area contributed by atoms with Crippen molar-refractivity contribution in [3.63, 3.8) is 0 Å². The molecule has 0 bridgehead atoms. The third-order valence-corrected chi connectivity index (χ3v) is 2.74. The summed E-state index contributed by atoms with van der Waals surface area (Å²) in [5.74, 6) is 1.53. The van der Waals surface area contributed by atoms with Crippen LogP contribution >= 0.6 is 0 Å². The second kappa shape index (κ2) is 6.42. The summed E-state index contributed by atoms with van der Waals surface area (Å²) >= 11 is 0. The van der Waals surface area contributed by atoms with Gasteiger partial charge in [-0.05, 0) is 31.8 Å². The van der Waals surface area contributed by atoms with Crippen molar-refractivity contribution < 1.29 is 0 Å². The molecule has 0 aliphatic heterocycles. The first-order valence-electron chi connectivity index (χ1n) is 5.70. The van der Waals surface area contributed by atoms with Gasteiger partial charge in [-0.15, -0.1) is 0 Å². The van der Waals surface area contributed by atoms with Gasteiger partial charge >= 0.3 is 0 Å². The highest BCUT2D eigenvalue weighted by molar-refractivity contribution is 4.75. The van der Waals surface area contributed by atoms with Gasteiger partial charge in [-0.3, -0.25) is 0 Å². The number of nitrogens with zero attached hydrogens (tertiary/aromatic N) is 1. The predicted octanol–water partition coefficient (Wildman–Crippen LogP) is 3.40. The van der Waals surface area contributed by atoms with Gasteiger partial charge in [0, 0.05) is 6.04 Å². The molecule has 80 valence electrons. The first kappa shape index (κ1) is 13.0. The fourth-order valence-electron chi connectivity index (χ4n) is 2.34. The van der Waals surface area contributed by atoms with Crippen molar-refractivity contribution in [3.8, 4) is 0 Å². The molecular weight excluding hydrogens is 158 g/mol. The standard InChI is InChI=1S/C12H27N/c1-7-8-9-13(6)12(10(2)3)11(4)5/h10-12H,7-9H2,1-6H3. The highest BCUT2D eigenvalue weighted by Crippen LogP contribution is 2.18. The van der Waals surface area contributed by atoms with Crippen LogP contribution in [0.5, 0.6) is 0 Å². The molecule has 0 amide bonds. The van der Waals surface area contributed by atoms with E-state index in [9.17, 15) is 0 Å². The Morgan fingerprint density at radius 2 is 1.46 bits per heavy atom. The molecule has 0 saturated heterocycles. The summed E-state index contributed by atoms with van der Waals surface area (Å²) in [4.78, 5) is 2.53. The Labute approximate surface area is 84.5 Å². The molecule has 0 aromatic heterocycles. The third kappa shape index (κ3) is 4.66. The Kier molecular flexibility index (Phi) is 6.40. The van der Waals surface area contributed by atoms with Gasteiger partial charge in [-0.25, -0.2) is 0 Å². The van der Waals surface area contributed by atoms with Crippen LogP contribution in [-0.4, -0.2) is 24.5 Å². The second-order valence-corrected chi connectivity index (χ2v) is 4.81. The summed E-state index contributed by atoms with van der Waals surface area (Å²) < 4.78 is 0.